The molecule has 0 fully saturated rings. The molecule has 0 spiro atoms. The predicted octanol–water partition coefficient (Wildman–Crippen LogP) is 5.75. The second-order valence-electron chi connectivity index (χ2n) is 6.53. The standard InChI is InChI=1S/C23H16N4S/c28-23(26-20-9-3-6-15-5-1-2-7-17(15)20)27-21-13-16-10-12-24-14-19(16)22-18(21)8-4-11-25-22/h1-14H,(H2,26,27,28). The molecule has 0 unspecified atom stereocenters. The number of hydrogen-bond donors (Lipinski definition) is 2. The lowest BCUT2D eigenvalue weighted by atomic mass is 10.1. The van der Waals surface area contributed by atoms with Gasteiger partial charge in [0.1, 0.15) is 0 Å². The average molecular weight is 380 g/mol. The van der Waals surface area contributed by atoms with Crippen LogP contribution in [0.15, 0.2) is 85.3 Å². The molecular formula is C23H16N4S. The molecule has 28 heavy (non-hydrogen) atoms. The highest BCUT2D eigenvalue weighted by Gasteiger charge is 2.09. The van der Waals surface area contributed by atoms with Gasteiger partial charge in [0.15, 0.2) is 5.11 Å². The summed E-state index contributed by atoms with van der Waals surface area (Å²) in [5.74, 6) is 0. The molecule has 2 heterocycles. The highest BCUT2D eigenvalue weighted by molar-refractivity contribution is 7.80. The van der Waals surface area contributed by atoms with E-state index in [-0.39, 0.29) is 0 Å². The molecule has 5 aromatic rings. The molecule has 0 amide bonds. The number of aromatic nitrogens is 2. The Morgan fingerprint density at radius 1 is 0.714 bits per heavy atom. The molecule has 0 aliphatic carbocycles. The SMILES string of the molecule is S=C(Nc1cccc2ccccc12)Nc1cc2ccncc2c2ncccc12. The molecule has 2 aromatic heterocycles. The Kier molecular flexibility index (Phi) is 4.07. The van der Waals surface area contributed by atoms with Gasteiger partial charge in [-0.3, -0.25) is 9.97 Å². The van der Waals surface area contributed by atoms with Crippen LogP contribution in [0.4, 0.5) is 11.4 Å². The fourth-order valence-electron chi connectivity index (χ4n) is 3.51. The van der Waals surface area contributed by atoms with Crippen LogP contribution in [0.2, 0.25) is 0 Å². The molecule has 4 nitrogen and oxygen atoms in total. The summed E-state index contributed by atoms with van der Waals surface area (Å²) < 4.78 is 0. The van der Waals surface area contributed by atoms with Crippen LogP contribution in [0.25, 0.3) is 32.4 Å². The molecule has 0 radical (unpaired) electrons. The molecule has 0 aliphatic heterocycles. The molecule has 5 heteroatoms. The molecule has 0 saturated carbocycles. The smallest absolute Gasteiger partial charge is 0.175 e. The Hall–Kier alpha value is -3.57. The molecular weight excluding hydrogens is 364 g/mol. The number of nitrogens with one attached hydrogen (secondary N) is 2. The van der Waals surface area contributed by atoms with Crippen LogP contribution in [-0.4, -0.2) is 15.1 Å². The lowest BCUT2D eigenvalue weighted by Gasteiger charge is -2.15. The van der Waals surface area contributed by atoms with E-state index in [1.165, 1.54) is 5.39 Å². The molecule has 0 aliphatic rings. The maximum atomic E-state index is 5.61. The van der Waals surface area contributed by atoms with Gasteiger partial charge >= 0.3 is 0 Å². The summed E-state index contributed by atoms with van der Waals surface area (Å²) in [4.78, 5) is 8.80. The quantitative estimate of drug-likeness (QED) is 0.302. The fourth-order valence-corrected chi connectivity index (χ4v) is 3.73. The molecule has 0 bridgehead atoms. The predicted molar refractivity (Wildman–Crippen MR) is 121 cm³/mol. The fraction of sp³-hybridized carbons (Fsp3) is 0. The van der Waals surface area contributed by atoms with E-state index >= 15 is 0 Å². The Labute approximate surface area is 167 Å². The summed E-state index contributed by atoms with van der Waals surface area (Å²) in [6.45, 7) is 0. The van der Waals surface area contributed by atoms with Gasteiger partial charge < -0.3 is 10.6 Å². The molecule has 3 aromatic carbocycles. The topological polar surface area (TPSA) is 49.8 Å². The van der Waals surface area contributed by atoms with E-state index in [4.69, 9.17) is 12.2 Å². The highest BCUT2D eigenvalue weighted by Crippen LogP contribution is 2.30. The van der Waals surface area contributed by atoms with E-state index in [2.05, 4.69) is 44.9 Å². The molecule has 0 saturated heterocycles. The van der Waals surface area contributed by atoms with Crippen molar-refractivity contribution in [3.63, 3.8) is 0 Å². The van der Waals surface area contributed by atoms with Crippen LogP contribution in [0.3, 0.4) is 0 Å². The number of benzene rings is 3. The molecule has 2 N–H and O–H groups in total. The minimum atomic E-state index is 0.537. The van der Waals surface area contributed by atoms with Crippen molar-refractivity contribution < 1.29 is 0 Å². The Morgan fingerprint density at radius 3 is 2.50 bits per heavy atom. The Morgan fingerprint density at radius 2 is 1.54 bits per heavy atom. The van der Waals surface area contributed by atoms with E-state index in [9.17, 15) is 0 Å². The minimum absolute atomic E-state index is 0.537. The van der Waals surface area contributed by atoms with Gasteiger partial charge in [0, 0.05) is 40.4 Å². The van der Waals surface area contributed by atoms with Crippen molar-refractivity contribution in [1.29, 1.82) is 0 Å². The van der Waals surface area contributed by atoms with Gasteiger partial charge in [0.05, 0.1) is 11.2 Å². The van der Waals surface area contributed by atoms with Crippen molar-refractivity contribution in [2.45, 2.75) is 0 Å². The van der Waals surface area contributed by atoms with Gasteiger partial charge in [-0.1, -0.05) is 36.4 Å². The van der Waals surface area contributed by atoms with Gasteiger partial charge in [-0.25, -0.2) is 0 Å². The summed E-state index contributed by atoms with van der Waals surface area (Å²) in [7, 11) is 0. The number of hydrogen-bond acceptors (Lipinski definition) is 3. The zero-order valence-corrected chi connectivity index (χ0v) is 15.7. The van der Waals surface area contributed by atoms with Crippen molar-refractivity contribution >= 4 is 61.2 Å². The van der Waals surface area contributed by atoms with Crippen LogP contribution in [-0.2, 0) is 0 Å². The van der Waals surface area contributed by atoms with Crippen LogP contribution >= 0.6 is 12.2 Å². The van der Waals surface area contributed by atoms with E-state index < -0.39 is 0 Å². The molecule has 0 atom stereocenters. The first-order valence-electron chi connectivity index (χ1n) is 8.97. The normalized spacial score (nSPS) is 11.0. The first kappa shape index (κ1) is 16.6. The summed E-state index contributed by atoms with van der Waals surface area (Å²) in [5.41, 5.74) is 2.80. The monoisotopic (exact) mass is 380 g/mol. The van der Waals surface area contributed by atoms with Crippen molar-refractivity contribution in [2.24, 2.45) is 0 Å². The third-order valence-corrected chi connectivity index (χ3v) is 5.00. The zero-order chi connectivity index (χ0) is 18.9. The third kappa shape index (κ3) is 2.92. The maximum absolute atomic E-state index is 5.61. The van der Waals surface area contributed by atoms with E-state index in [0.29, 0.717) is 5.11 Å². The largest absolute Gasteiger partial charge is 0.332 e. The highest BCUT2D eigenvalue weighted by atomic mass is 32.1. The number of fused-ring (bicyclic) bond motifs is 4. The second-order valence-corrected chi connectivity index (χ2v) is 6.93. The Bertz CT molecular complexity index is 1340. The summed E-state index contributed by atoms with van der Waals surface area (Å²) in [6.07, 6.45) is 5.43. The molecule has 134 valence electrons. The number of nitrogens with zero attached hydrogens (tertiary/aromatic N) is 2. The van der Waals surface area contributed by atoms with Gasteiger partial charge in [-0.15, -0.1) is 0 Å². The number of pyridine rings is 2. The number of thiocarbonyl (C=S) groups is 1. The van der Waals surface area contributed by atoms with Gasteiger partial charge in [-0.2, -0.15) is 0 Å². The minimum Gasteiger partial charge on any atom is -0.332 e. The van der Waals surface area contributed by atoms with Crippen LogP contribution in [0.5, 0.6) is 0 Å². The summed E-state index contributed by atoms with van der Waals surface area (Å²) in [6, 6.07) is 22.4. The Balaban J connectivity index is 1.53. The van der Waals surface area contributed by atoms with Crippen molar-refractivity contribution in [1.82, 2.24) is 9.97 Å². The summed E-state index contributed by atoms with van der Waals surface area (Å²) in [5, 5.41) is 12.6. The van der Waals surface area contributed by atoms with Crippen LogP contribution in [0, 0.1) is 0 Å². The number of rotatable bonds is 2. The maximum Gasteiger partial charge on any atom is 0.175 e. The first-order chi connectivity index (χ1) is 13.8. The van der Waals surface area contributed by atoms with Crippen molar-refractivity contribution in [3.8, 4) is 0 Å². The summed E-state index contributed by atoms with van der Waals surface area (Å²) >= 11 is 5.61. The van der Waals surface area contributed by atoms with Gasteiger partial charge in [0.2, 0.25) is 0 Å². The lowest BCUT2D eigenvalue weighted by Crippen LogP contribution is -2.19. The van der Waals surface area contributed by atoms with Gasteiger partial charge in [0.25, 0.3) is 0 Å². The zero-order valence-electron chi connectivity index (χ0n) is 14.9. The van der Waals surface area contributed by atoms with Gasteiger partial charge in [-0.05, 0) is 53.3 Å². The van der Waals surface area contributed by atoms with E-state index in [1.807, 2.05) is 48.7 Å². The second kappa shape index (κ2) is 6.87. The van der Waals surface area contributed by atoms with Crippen molar-refractivity contribution in [3.05, 3.63) is 85.3 Å². The van der Waals surface area contributed by atoms with Crippen LogP contribution in [0.1, 0.15) is 0 Å². The van der Waals surface area contributed by atoms with E-state index in [1.54, 1.807) is 12.4 Å². The first-order valence-corrected chi connectivity index (χ1v) is 9.38. The third-order valence-electron chi connectivity index (χ3n) is 4.79. The average Bonchev–Trinajstić information content (AvgIpc) is 2.74. The van der Waals surface area contributed by atoms with Crippen molar-refractivity contribution in [2.75, 3.05) is 10.6 Å². The lowest BCUT2D eigenvalue weighted by molar-refractivity contribution is 1.36. The van der Waals surface area contributed by atoms with E-state index in [0.717, 1.165) is 38.4 Å². The van der Waals surface area contributed by atoms with Crippen LogP contribution < -0.4 is 10.6 Å². The number of anilines is 2. The molecule has 5 rings (SSSR count).